The van der Waals surface area contributed by atoms with Crippen LogP contribution in [0.4, 0.5) is 4.79 Å². The van der Waals surface area contributed by atoms with Crippen molar-refractivity contribution >= 4 is 6.09 Å². The van der Waals surface area contributed by atoms with E-state index in [2.05, 4.69) is 19.2 Å². The zero-order chi connectivity index (χ0) is 15.7. The normalized spacial score (nSPS) is 26.3. The Balaban J connectivity index is 2.00. The van der Waals surface area contributed by atoms with Crippen molar-refractivity contribution in [3.8, 4) is 0 Å². The largest absolute Gasteiger partial charge is 0.444 e. The minimum Gasteiger partial charge on any atom is -0.444 e. The Labute approximate surface area is 129 Å². The first-order valence-corrected chi connectivity index (χ1v) is 8.52. The number of nitrogens with one attached hydrogen (secondary N) is 1. The average Bonchev–Trinajstić information content (AvgIpc) is 2.34. The van der Waals surface area contributed by atoms with Crippen LogP contribution >= 0.6 is 0 Å². The first-order valence-electron chi connectivity index (χ1n) is 8.52. The number of rotatable bonds is 3. The second-order valence-corrected chi connectivity index (χ2v) is 7.88. The van der Waals surface area contributed by atoms with Crippen LogP contribution in [0.5, 0.6) is 0 Å². The number of carbonyl (C=O) groups excluding carboxylic acids is 1. The number of hydrogen-bond acceptors (Lipinski definition) is 3. The molecule has 1 spiro atoms. The van der Waals surface area contributed by atoms with E-state index in [1.807, 2.05) is 25.7 Å². The SMILES string of the molecule is CCC(C)NC1CCN(C(=O)OC(C)(C)C)C2(CCC2)C1. The van der Waals surface area contributed by atoms with Gasteiger partial charge in [0, 0.05) is 24.2 Å². The van der Waals surface area contributed by atoms with Crippen LogP contribution in [0.15, 0.2) is 0 Å². The number of carbonyl (C=O) groups is 1. The van der Waals surface area contributed by atoms with E-state index in [1.165, 1.54) is 6.42 Å². The van der Waals surface area contributed by atoms with Crippen LogP contribution < -0.4 is 5.32 Å². The maximum absolute atomic E-state index is 12.5. The molecule has 1 saturated carbocycles. The smallest absolute Gasteiger partial charge is 0.410 e. The van der Waals surface area contributed by atoms with E-state index < -0.39 is 5.60 Å². The zero-order valence-corrected chi connectivity index (χ0v) is 14.4. The molecule has 0 radical (unpaired) electrons. The van der Waals surface area contributed by atoms with Crippen LogP contribution in [-0.4, -0.2) is 40.8 Å². The molecule has 0 aromatic heterocycles. The van der Waals surface area contributed by atoms with Crippen LogP contribution in [-0.2, 0) is 4.74 Å². The molecule has 0 aromatic carbocycles. The number of likely N-dealkylation sites (tertiary alicyclic amines) is 1. The molecule has 2 unspecified atom stereocenters. The van der Waals surface area contributed by atoms with E-state index in [-0.39, 0.29) is 11.6 Å². The van der Waals surface area contributed by atoms with Gasteiger partial charge in [0.1, 0.15) is 5.60 Å². The third-order valence-electron chi connectivity index (χ3n) is 4.93. The minimum atomic E-state index is -0.409. The van der Waals surface area contributed by atoms with Gasteiger partial charge in [-0.15, -0.1) is 0 Å². The van der Waals surface area contributed by atoms with E-state index in [1.54, 1.807) is 0 Å². The van der Waals surface area contributed by atoms with Crippen LogP contribution in [0.1, 0.15) is 73.1 Å². The number of piperidine rings is 1. The molecule has 0 bridgehead atoms. The van der Waals surface area contributed by atoms with Crippen LogP contribution in [0.3, 0.4) is 0 Å². The average molecular weight is 296 g/mol. The van der Waals surface area contributed by atoms with E-state index in [9.17, 15) is 4.79 Å². The first kappa shape index (κ1) is 16.6. The maximum atomic E-state index is 12.5. The highest BCUT2D eigenvalue weighted by molar-refractivity contribution is 5.69. The summed E-state index contributed by atoms with van der Waals surface area (Å²) in [6.45, 7) is 11.1. The standard InChI is InChI=1S/C17H32N2O2/c1-6-13(2)18-14-8-11-19(15(20)21-16(3,4)5)17(12-14)9-7-10-17/h13-14,18H,6-12H2,1-5H3. The van der Waals surface area contributed by atoms with Gasteiger partial charge in [0.25, 0.3) is 0 Å². The lowest BCUT2D eigenvalue weighted by molar-refractivity contribution is -0.0499. The summed E-state index contributed by atoms with van der Waals surface area (Å²) in [5.74, 6) is 0. The van der Waals surface area contributed by atoms with Gasteiger partial charge in [-0.25, -0.2) is 4.79 Å². The Kier molecular flexibility index (Phi) is 4.86. The molecule has 2 rings (SSSR count). The van der Waals surface area contributed by atoms with Crippen LogP contribution in [0.2, 0.25) is 0 Å². The number of amides is 1. The monoisotopic (exact) mass is 296 g/mol. The predicted molar refractivity (Wildman–Crippen MR) is 85.4 cm³/mol. The minimum absolute atomic E-state index is 0.0612. The topological polar surface area (TPSA) is 41.6 Å². The number of ether oxygens (including phenoxy) is 1. The van der Waals surface area contributed by atoms with Gasteiger partial charge in [-0.2, -0.15) is 0 Å². The third kappa shape index (κ3) is 3.91. The fraction of sp³-hybridized carbons (Fsp3) is 0.941. The Bertz CT molecular complexity index is 371. The fourth-order valence-electron chi connectivity index (χ4n) is 3.52. The van der Waals surface area contributed by atoms with Crippen molar-refractivity contribution in [2.24, 2.45) is 0 Å². The molecule has 2 fully saturated rings. The van der Waals surface area contributed by atoms with Gasteiger partial charge >= 0.3 is 6.09 Å². The zero-order valence-electron chi connectivity index (χ0n) is 14.4. The summed E-state index contributed by atoms with van der Waals surface area (Å²) < 4.78 is 5.61. The van der Waals surface area contributed by atoms with Gasteiger partial charge in [-0.1, -0.05) is 6.92 Å². The van der Waals surface area contributed by atoms with Gasteiger partial charge in [0.2, 0.25) is 0 Å². The molecule has 0 aromatic rings. The molecule has 4 heteroatoms. The van der Waals surface area contributed by atoms with Gasteiger partial charge in [0.05, 0.1) is 0 Å². The molecular formula is C17H32N2O2. The molecule has 122 valence electrons. The summed E-state index contributed by atoms with van der Waals surface area (Å²) in [6.07, 6.45) is 6.64. The molecule has 21 heavy (non-hydrogen) atoms. The third-order valence-corrected chi connectivity index (χ3v) is 4.93. The lowest BCUT2D eigenvalue weighted by Crippen LogP contribution is -2.63. The summed E-state index contributed by atoms with van der Waals surface area (Å²) in [6, 6.07) is 1.10. The summed E-state index contributed by atoms with van der Waals surface area (Å²) in [5.41, 5.74) is -0.348. The number of hydrogen-bond donors (Lipinski definition) is 1. The molecule has 1 amide bonds. The first-order chi connectivity index (χ1) is 9.76. The second-order valence-electron chi connectivity index (χ2n) is 7.88. The molecule has 1 aliphatic heterocycles. The van der Waals surface area contributed by atoms with Crippen molar-refractivity contribution in [1.82, 2.24) is 10.2 Å². The Morgan fingerprint density at radius 1 is 1.43 bits per heavy atom. The highest BCUT2D eigenvalue weighted by atomic mass is 16.6. The lowest BCUT2D eigenvalue weighted by Gasteiger charge is -2.55. The van der Waals surface area contributed by atoms with E-state index >= 15 is 0 Å². The van der Waals surface area contributed by atoms with Crippen molar-refractivity contribution in [2.45, 2.75) is 96.4 Å². The summed E-state index contributed by atoms with van der Waals surface area (Å²) >= 11 is 0. The van der Waals surface area contributed by atoms with Crippen molar-refractivity contribution in [2.75, 3.05) is 6.54 Å². The van der Waals surface area contributed by atoms with Crippen molar-refractivity contribution < 1.29 is 9.53 Å². The maximum Gasteiger partial charge on any atom is 0.410 e. The lowest BCUT2D eigenvalue weighted by atomic mass is 9.69. The fourth-order valence-corrected chi connectivity index (χ4v) is 3.52. The molecular weight excluding hydrogens is 264 g/mol. The van der Waals surface area contributed by atoms with Gasteiger partial charge < -0.3 is 15.0 Å². The van der Waals surface area contributed by atoms with Gasteiger partial charge in [-0.05, 0) is 66.2 Å². The quantitative estimate of drug-likeness (QED) is 0.863. The summed E-state index contributed by atoms with van der Waals surface area (Å²) in [4.78, 5) is 14.5. The molecule has 1 N–H and O–H groups in total. The molecule has 1 aliphatic carbocycles. The van der Waals surface area contributed by atoms with E-state index in [4.69, 9.17) is 4.74 Å². The highest BCUT2D eigenvalue weighted by Gasteiger charge is 2.49. The van der Waals surface area contributed by atoms with Crippen molar-refractivity contribution in [1.29, 1.82) is 0 Å². The summed E-state index contributed by atoms with van der Waals surface area (Å²) in [5, 5.41) is 3.72. The molecule has 1 heterocycles. The van der Waals surface area contributed by atoms with E-state index in [0.717, 1.165) is 38.6 Å². The van der Waals surface area contributed by atoms with E-state index in [0.29, 0.717) is 12.1 Å². The molecule has 1 saturated heterocycles. The Morgan fingerprint density at radius 3 is 2.57 bits per heavy atom. The number of nitrogens with zero attached hydrogens (tertiary/aromatic N) is 1. The molecule has 2 atom stereocenters. The van der Waals surface area contributed by atoms with Gasteiger partial charge in [0.15, 0.2) is 0 Å². The highest BCUT2D eigenvalue weighted by Crippen LogP contribution is 2.45. The predicted octanol–water partition coefficient (Wildman–Crippen LogP) is 3.70. The van der Waals surface area contributed by atoms with Crippen LogP contribution in [0.25, 0.3) is 0 Å². The van der Waals surface area contributed by atoms with Gasteiger partial charge in [-0.3, -0.25) is 0 Å². The Hall–Kier alpha value is -0.770. The molecule has 4 nitrogen and oxygen atoms in total. The summed E-state index contributed by atoms with van der Waals surface area (Å²) in [7, 11) is 0. The Morgan fingerprint density at radius 2 is 2.10 bits per heavy atom. The molecule has 2 aliphatic rings. The van der Waals surface area contributed by atoms with Crippen molar-refractivity contribution in [3.63, 3.8) is 0 Å². The second kappa shape index (κ2) is 6.15. The van der Waals surface area contributed by atoms with Crippen molar-refractivity contribution in [3.05, 3.63) is 0 Å². The van der Waals surface area contributed by atoms with Crippen LogP contribution in [0, 0.1) is 0 Å².